The Hall–Kier alpha value is -3.40. The van der Waals surface area contributed by atoms with Gasteiger partial charge in [-0.15, -0.1) is 0 Å². The molecule has 9 nitrogen and oxygen atoms in total. The predicted molar refractivity (Wildman–Crippen MR) is 172 cm³/mol. The Balaban J connectivity index is 0.000000821. The third-order valence-corrected chi connectivity index (χ3v) is 6.75. The summed E-state index contributed by atoms with van der Waals surface area (Å²) < 4.78 is 5.13. The number of aromatic nitrogens is 1. The summed E-state index contributed by atoms with van der Waals surface area (Å²) in [4.78, 5) is 41.8. The van der Waals surface area contributed by atoms with Crippen LogP contribution in [-0.4, -0.2) is 53.7 Å². The lowest BCUT2D eigenvalue weighted by atomic mass is 9.97. The Morgan fingerprint density at radius 1 is 0.930 bits per heavy atom. The zero-order valence-electron chi connectivity index (χ0n) is 26.0. The van der Waals surface area contributed by atoms with Crippen molar-refractivity contribution in [3.8, 4) is 0 Å². The van der Waals surface area contributed by atoms with Gasteiger partial charge >= 0.3 is 5.97 Å². The van der Waals surface area contributed by atoms with Gasteiger partial charge in [-0.3, -0.25) is 14.9 Å². The molecule has 2 aromatic carbocycles. The summed E-state index contributed by atoms with van der Waals surface area (Å²) >= 11 is 6.14. The van der Waals surface area contributed by atoms with Gasteiger partial charge in [0.2, 0.25) is 11.8 Å². The number of fused-ring (bicyclic) bond motifs is 1. The smallest absolute Gasteiger partial charge is 0.352 e. The molecule has 10 heteroatoms. The van der Waals surface area contributed by atoms with E-state index in [4.69, 9.17) is 16.3 Å². The topological polar surface area (TPSA) is 133 Å². The van der Waals surface area contributed by atoms with Gasteiger partial charge in [0.05, 0.1) is 6.04 Å². The molecule has 0 spiro atoms. The number of carbonyl (C=O) groups is 3. The SMILES string of the molecule is CCCNC(=O)C(CC(C)C)NC(C(=O)NCc1ccccc1)c1c(C(=O)O)[nH]c2cc(Cl)ccc12.CCCOCCC. The second-order valence-corrected chi connectivity index (χ2v) is 11.2. The van der Waals surface area contributed by atoms with Gasteiger partial charge < -0.3 is 25.5 Å². The molecule has 43 heavy (non-hydrogen) atoms. The van der Waals surface area contributed by atoms with Crippen LogP contribution in [0.4, 0.5) is 0 Å². The molecule has 5 N–H and O–H groups in total. The van der Waals surface area contributed by atoms with E-state index in [-0.39, 0.29) is 29.6 Å². The van der Waals surface area contributed by atoms with Crippen LogP contribution in [0, 0.1) is 5.92 Å². The molecule has 3 aromatic rings. The van der Waals surface area contributed by atoms with Crippen LogP contribution in [0.25, 0.3) is 10.9 Å². The fraction of sp³-hybridized carbons (Fsp3) is 0.485. The van der Waals surface area contributed by atoms with Crippen molar-refractivity contribution in [3.05, 3.63) is 70.4 Å². The van der Waals surface area contributed by atoms with Crippen LogP contribution in [0.3, 0.4) is 0 Å². The fourth-order valence-electron chi connectivity index (χ4n) is 4.52. The molecule has 0 aliphatic carbocycles. The van der Waals surface area contributed by atoms with Crippen molar-refractivity contribution in [1.82, 2.24) is 20.9 Å². The summed E-state index contributed by atoms with van der Waals surface area (Å²) in [7, 11) is 0. The van der Waals surface area contributed by atoms with Crippen molar-refractivity contribution in [2.24, 2.45) is 5.92 Å². The predicted octanol–water partition coefficient (Wildman–Crippen LogP) is 6.23. The van der Waals surface area contributed by atoms with E-state index in [0.29, 0.717) is 28.9 Å². The first kappa shape index (κ1) is 35.8. The minimum absolute atomic E-state index is 0.128. The van der Waals surface area contributed by atoms with Gasteiger partial charge in [-0.2, -0.15) is 0 Å². The maximum atomic E-state index is 13.6. The molecule has 2 atom stereocenters. The number of aromatic carboxylic acids is 1. The van der Waals surface area contributed by atoms with Crippen molar-refractivity contribution >= 4 is 40.3 Å². The number of halogens is 1. The van der Waals surface area contributed by atoms with Crippen LogP contribution in [0.2, 0.25) is 5.02 Å². The molecule has 3 rings (SSSR count). The van der Waals surface area contributed by atoms with Crippen molar-refractivity contribution < 1.29 is 24.2 Å². The number of carbonyl (C=O) groups excluding carboxylic acids is 2. The lowest BCUT2D eigenvalue weighted by Gasteiger charge is -2.26. The van der Waals surface area contributed by atoms with Crippen molar-refractivity contribution in [2.45, 2.75) is 78.9 Å². The minimum Gasteiger partial charge on any atom is -0.477 e. The number of hydrogen-bond acceptors (Lipinski definition) is 5. The molecule has 0 saturated heterocycles. The number of benzene rings is 2. The van der Waals surface area contributed by atoms with Crippen molar-refractivity contribution in [3.63, 3.8) is 0 Å². The highest BCUT2D eigenvalue weighted by Gasteiger charge is 2.33. The zero-order valence-corrected chi connectivity index (χ0v) is 26.7. The van der Waals surface area contributed by atoms with E-state index in [1.165, 1.54) is 0 Å². The zero-order chi connectivity index (χ0) is 31.8. The van der Waals surface area contributed by atoms with E-state index < -0.39 is 24.0 Å². The summed E-state index contributed by atoms with van der Waals surface area (Å²) in [6.45, 7) is 12.8. The number of carboxylic acids is 1. The number of nitrogens with one attached hydrogen (secondary N) is 4. The summed E-state index contributed by atoms with van der Waals surface area (Å²) in [6, 6.07) is 12.5. The number of carboxylic acid groups (broad SMARTS) is 1. The molecule has 1 heterocycles. The highest BCUT2D eigenvalue weighted by Crippen LogP contribution is 2.31. The number of hydrogen-bond donors (Lipinski definition) is 5. The summed E-state index contributed by atoms with van der Waals surface area (Å²) in [6.07, 6.45) is 3.52. The molecular formula is C33H47ClN4O5. The molecule has 0 radical (unpaired) electrons. The average Bonchev–Trinajstić information content (AvgIpc) is 3.36. The maximum absolute atomic E-state index is 13.6. The quantitative estimate of drug-likeness (QED) is 0.122. The normalized spacial score (nSPS) is 12.3. The van der Waals surface area contributed by atoms with Crippen LogP contribution < -0.4 is 16.0 Å². The highest BCUT2D eigenvalue weighted by atomic mass is 35.5. The Labute approximate surface area is 260 Å². The van der Waals surface area contributed by atoms with Gasteiger partial charge in [-0.25, -0.2) is 4.79 Å². The van der Waals surface area contributed by atoms with Crippen LogP contribution in [0.15, 0.2) is 48.5 Å². The fourth-order valence-corrected chi connectivity index (χ4v) is 4.69. The van der Waals surface area contributed by atoms with Crippen LogP contribution in [0.1, 0.15) is 88.0 Å². The third-order valence-electron chi connectivity index (χ3n) is 6.51. The van der Waals surface area contributed by atoms with E-state index in [9.17, 15) is 19.5 Å². The van der Waals surface area contributed by atoms with E-state index in [1.54, 1.807) is 18.2 Å². The Morgan fingerprint density at radius 3 is 2.19 bits per heavy atom. The van der Waals surface area contributed by atoms with E-state index in [2.05, 4.69) is 34.8 Å². The molecular weight excluding hydrogens is 568 g/mol. The highest BCUT2D eigenvalue weighted by molar-refractivity contribution is 6.31. The molecule has 0 aliphatic rings. The van der Waals surface area contributed by atoms with Crippen LogP contribution in [-0.2, 0) is 20.9 Å². The van der Waals surface area contributed by atoms with Gasteiger partial charge in [0.25, 0.3) is 0 Å². The molecule has 236 valence electrons. The molecule has 0 saturated carbocycles. The van der Waals surface area contributed by atoms with E-state index >= 15 is 0 Å². The second kappa shape index (κ2) is 19.0. The van der Waals surface area contributed by atoms with Gasteiger partial charge in [-0.1, -0.05) is 82.6 Å². The number of rotatable bonds is 16. The number of aromatic amines is 1. The number of ether oxygens (including phenoxy) is 1. The second-order valence-electron chi connectivity index (χ2n) is 10.8. The first-order chi connectivity index (χ1) is 20.6. The molecule has 2 unspecified atom stereocenters. The lowest BCUT2D eigenvalue weighted by Crippen LogP contribution is -2.50. The molecule has 0 bridgehead atoms. The largest absolute Gasteiger partial charge is 0.477 e. The standard InChI is InChI=1S/C27H33ClN4O4.C6H14O/c1-4-12-29-25(33)21(13-16(2)3)32-23(26(34)30-15-17-8-6-5-7-9-17)22-19-11-10-18(28)14-20(19)31-24(22)27(35)36;1-3-5-7-6-4-2/h5-11,14,16,21,23,31-32H,4,12-13,15H2,1-3H3,(H,29,33)(H,30,34)(H,35,36);3-6H2,1-2H3. The van der Waals surface area contributed by atoms with Crippen LogP contribution >= 0.6 is 11.6 Å². The number of amides is 2. The lowest BCUT2D eigenvalue weighted by molar-refractivity contribution is -0.126. The summed E-state index contributed by atoms with van der Waals surface area (Å²) in [5.41, 5.74) is 1.52. The molecule has 2 amide bonds. The Morgan fingerprint density at radius 2 is 1.60 bits per heavy atom. The monoisotopic (exact) mass is 614 g/mol. The Bertz CT molecular complexity index is 1290. The third kappa shape index (κ3) is 11.7. The molecule has 1 aromatic heterocycles. The summed E-state index contributed by atoms with van der Waals surface area (Å²) in [5, 5.41) is 19.9. The molecule has 0 aliphatic heterocycles. The van der Waals surface area contributed by atoms with E-state index in [1.807, 2.05) is 51.1 Å². The van der Waals surface area contributed by atoms with Gasteiger partial charge in [-0.05, 0) is 49.3 Å². The van der Waals surface area contributed by atoms with Crippen molar-refractivity contribution in [1.29, 1.82) is 0 Å². The van der Waals surface area contributed by atoms with Crippen LogP contribution in [0.5, 0.6) is 0 Å². The first-order valence-electron chi connectivity index (χ1n) is 15.1. The first-order valence-corrected chi connectivity index (χ1v) is 15.5. The van der Waals surface area contributed by atoms with Crippen molar-refractivity contribution in [2.75, 3.05) is 19.8 Å². The van der Waals surface area contributed by atoms with E-state index in [0.717, 1.165) is 38.0 Å². The Kier molecular flexibility index (Phi) is 15.8. The minimum atomic E-state index is -1.21. The average molecular weight is 615 g/mol. The summed E-state index contributed by atoms with van der Waals surface area (Å²) in [5.74, 6) is -1.72. The van der Waals surface area contributed by atoms with Gasteiger partial charge in [0.1, 0.15) is 11.7 Å². The number of H-pyrrole nitrogens is 1. The molecule has 0 fully saturated rings. The maximum Gasteiger partial charge on any atom is 0.352 e. The van der Waals surface area contributed by atoms with Gasteiger partial charge in [0, 0.05) is 47.8 Å². The van der Waals surface area contributed by atoms with Gasteiger partial charge in [0.15, 0.2) is 0 Å².